The molecule has 1 aromatic carbocycles. The van der Waals surface area contributed by atoms with Crippen LogP contribution in [-0.2, 0) is 5.41 Å². The average molecular weight is 306 g/mol. The summed E-state index contributed by atoms with van der Waals surface area (Å²) in [6.45, 7) is 7.34. The van der Waals surface area contributed by atoms with Gasteiger partial charge in [0.15, 0.2) is 0 Å². The van der Waals surface area contributed by atoms with E-state index in [1.54, 1.807) is 23.1 Å². The van der Waals surface area contributed by atoms with Crippen molar-refractivity contribution in [1.29, 1.82) is 0 Å². The lowest BCUT2D eigenvalue weighted by atomic mass is 9.85. The number of hydrogen-bond donors (Lipinski definition) is 2. The van der Waals surface area contributed by atoms with Gasteiger partial charge in [-0.05, 0) is 23.6 Å². The van der Waals surface area contributed by atoms with Crippen LogP contribution in [0.1, 0.15) is 36.7 Å². The van der Waals surface area contributed by atoms with Crippen molar-refractivity contribution in [1.82, 2.24) is 9.80 Å². The van der Waals surface area contributed by atoms with Gasteiger partial charge in [0.2, 0.25) is 0 Å². The van der Waals surface area contributed by atoms with Gasteiger partial charge < -0.3 is 20.0 Å². The molecule has 2 rings (SSSR count). The Morgan fingerprint density at radius 2 is 1.59 bits per heavy atom. The van der Waals surface area contributed by atoms with Crippen LogP contribution in [0.2, 0.25) is 0 Å². The first-order valence-corrected chi connectivity index (χ1v) is 7.31. The number of amides is 2. The molecule has 6 nitrogen and oxygen atoms in total. The van der Waals surface area contributed by atoms with Gasteiger partial charge in [0.1, 0.15) is 5.75 Å². The standard InChI is InChI=1S/C16H22N2O4/c1-16(2,3)12-10-11(4-5-13(12)19)14(20)17-6-8-18(9-7-17)15(21)22/h4-5,10,19H,6-9H2,1-3H3,(H,21,22). The molecule has 2 amide bonds. The third kappa shape index (κ3) is 3.32. The third-order valence-corrected chi connectivity index (χ3v) is 3.89. The number of rotatable bonds is 1. The molecule has 0 radical (unpaired) electrons. The number of carbonyl (C=O) groups is 2. The molecular formula is C16H22N2O4. The molecule has 1 heterocycles. The molecule has 0 atom stereocenters. The Bertz CT molecular complexity index is 584. The van der Waals surface area contributed by atoms with Gasteiger partial charge in [-0.3, -0.25) is 4.79 Å². The summed E-state index contributed by atoms with van der Waals surface area (Å²) in [4.78, 5) is 26.4. The molecule has 1 fully saturated rings. The molecule has 0 saturated carbocycles. The van der Waals surface area contributed by atoms with E-state index in [-0.39, 0.29) is 17.1 Å². The number of benzene rings is 1. The van der Waals surface area contributed by atoms with Gasteiger partial charge >= 0.3 is 6.09 Å². The molecular weight excluding hydrogens is 284 g/mol. The number of hydrogen-bond acceptors (Lipinski definition) is 3. The molecule has 6 heteroatoms. The van der Waals surface area contributed by atoms with Crippen molar-refractivity contribution in [2.75, 3.05) is 26.2 Å². The molecule has 120 valence electrons. The minimum absolute atomic E-state index is 0.129. The first-order chi connectivity index (χ1) is 10.2. The Labute approximate surface area is 130 Å². The summed E-state index contributed by atoms with van der Waals surface area (Å²) in [5, 5.41) is 18.9. The smallest absolute Gasteiger partial charge is 0.407 e. The van der Waals surface area contributed by atoms with Crippen LogP contribution < -0.4 is 0 Å². The maximum absolute atomic E-state index is 12.5. The number of aromatic hydroxyl groups is 1. The van der Waals surface area contributed by atoms with E-state index >= 15 is 0 Å². The molecule has 0 aromatic heterocycles. The van der Waals surface area contributed by atoms with Crippen molar-refractivity contribution in [2.24, 2.45) is 0 Å². The number of phenolic OH excluding ortho intramolecular Hbond substituents is 1. The highest BCUT2D eigenvalue weighted by molar-refractivity contribution is 5.94. The van der Waals surface area contributed by atoms with Gasteiger partial charge in [0, 0.05) is 37.3 Å². The predicted octanol–water partition coefficient (Wildman–Crippen LogP) is 2.13. The second kappa shape index (κ2) is 5.87. The maximum atomic E-state index is 12.5. The van der Waals surface area contributed by atoms with Crippen LogP contribution in [0.25, 0.3) is 0 Å². The van der Waals surface area contributed by atoms with Crippen molar-refractivity contribution in [2.45, 2.75) is 26.2 Å². The van der Waals surface area contributed by atoms with Crippen molar-refractivity contribution in [3.05, 3.63) is 29.3 Å². The first kappa shape index (κ1) is 16.1. The highest BCUT2D eigenvalue weighted by atomic mass is 16.4. The zero-order chi connectivity index (χ0) is 16.5. The van der Waals surface area contributed by atoms with E-state index in [0.717, 1.165) is 5.56 Å². The van der Waals surface area contributed by atoms with Gasteiger partial charge in [-0.15, -0.1) is 0 Å². The van der Waals surface area contributed by atoms with Crippen molar-refractivity contribution in [3.8, 4) is 5.75 Å². The van der Waals surface area contributed by atoms with Crippen LogP contribution in [0, 0.1) is 0 Å². The van der Waals surface area contributed by atoms with Crippen LogP contribution in [-0.4, -0.2) is 58.2 Å². The molecule has 0 aliphatic carbocycles. The highest BCUT2D eigenvalue weighted by Gasteiger charge is 2.26. The minimum atomic E-state index is -0.952. The summed E-state index contributed by atoms with van der Waals surface area (Å²) < 4.78 is 0. The number of piperazine rings is 1. The molecule has 1 aliphatic heterocycles. The fourth-order valence-corrected chi connectivity index (χ4v) is 2.55. The topological polar surface area (TPSA) is 81.1 Å². The monoisotopic (exact) mass is 306 g/mol. The SMILES string of the molecule is CC(C)(C)c1cc(C(=O)N2CCN(C(=O)O)CC2)ccc1O. The molecule has 1 saturated heterocycles. The Balaban J connectivity index is 2.16. The number of nitrogens with zero attached hydrogens (tertiary/aromatic N) is 2. The summed E-state index contributed by atoms with van der Waals surface area (Å²) in [6, 6.07) is 4.87. The second-order valence-corrected chi connectivity index (χ2v) is 6.54. The Morgan fingerprint density at radius 3 is 2.09 bits per heavy atom. The summed E-state index contributed by atoms with van der Waals surface area (Å²) >= 11 is 0. The predicted molar refractivity (Wildman–Crippen MR) is 82.3 cm³/mol. The normalized spacial score (nSPS) is 15.8. The molecule has 22 heavy (non-hydrogen) atoms. The van der Waals surface area contributed by atoms with Crippen molar-refractivity contribution < 1.29 is 19.8 Å². The quantitative estimate of drug-likeness (QED) is 0.833. The molecule has 1 aromatic rings. The van der Waals surface area contributed by atoms with Crippen molar-refractivity contribution >= 4 is 12.0 Å². The summed E-state index contributed by atoms with van der Waals surface area (Å²) in [7, 11) is 0. The average Bonchev–Trinajstić information content (AvgIpc) is 2.46. The van der Waals surface area contributed by atoms with E-state index in [1.807, 2.05) is 20.8 Å². The van der Waals surface area contributed by atoms with E-state index in [2.05, 4.69) is 0 Å². The van der Waals surface area contributed by atoms with Gasteiger partial charge in [-0.25, -0.2) is 4.79 Å². The number of carbonyl (C=O) groups excluding carboxylic acids is 1. The van der Waals surface area contributed by atoms with Gasteiger partial charge in [0.25, 0.3) is 5.91 Å². The van der Waals surface area contributed by atoms with Crippen molar-refractivity contribution in [3.63, 3.8) is 0 Å². The molecule has 1 aliphatic rings. The van der Waals surface area contributed by atoms with Gasteiger partial charge in [-0.2, -0.15) is 0 Å². The van der Waals surface area contributed by atoms with E-state index in [1.165, 1.54) is 4.90 Å². The number of carboxylic acid groups (broad SMARTS) is 1. The molecule has 0 bridgehead atoms. The Kier molecular flexibility index (Phi) is 4.30. The minimum Gasteiger partial charge on any atom is -0.508 e. The molecule has 2 N–H and O–H groups in total. The van der Waals surface area contributed by atoms with Crippen LogP contribution in [0.5, 0.6) is 5.75 Å². The summed E-state index contributed by atoms with van der Waals surface area (Å²) in [6.07, 6.45) is -0.952. The lowest BCUT2D eigenvalue weighted by Gasteiger charge is -2.33. The van der Waals surface area contributed by atoms with Crippen LogP contribution in [0.15, 0.2) is 18.2 Å². The van der Waals surface area contributed by atoms with Crippen LogP contribution >= 0.6 is 0 Å². The highest BCUT2D eigenvalue weighted by Crippen LogP contribution is 2.31. The molecule has 0 spiro atoms. The summed E-state index contributed by atoms with van der Waals surface area (Å²) in [5.41, 5.74) is 0.983. The Morgan fingerprint density at radius 1 is 1.05 bits per heavy atom. The van der Waals surface area contributed by atoms with E-state index in [4.69, 9.17) is 5.11 Å². The van der Waals surface area contributed by atoms with Crippen LogP contribution in [0.3, 0.4) is 0 Å². The largest absolute Gasteiger partial charge is 0.508 e. The maximum Gasteiger partial charge on any atom is 0.407 e. The van der Waals surface area contributed by atoms with E-state index < -0.39 is 6.09 Å². The molecule has 0 unspecified atom stereocenters. The lowest BCUT2D eigenvalue weighted by molar-refractivity contribution is 0.0624. The zero-order valence-electron chi connectivity index (χ0n) is 13.2. The second-order valence-electron chi connectivity index (χ2n) is 6.54. The third-order valence-electron chi connectivity index (χ3n) is 3.89. The zero-order valence-corrected chi connectivity index (χ0v) is 13.2. The Hall–Kier alpha value is -2.24. The van der Waals surface area contributed by atoms with E-state index in [9.17, 15) is 14.7 Å². The van der Waals surface area contributed by atoms with Gasteiger partial charge in [0.05, 0.1) is 0 Å². The lowest BCUT2D eigenvalue weighted by Crippen LogP contribution is -2.50. The van der Waals surface area contributed by atoms with E-state index in [0.29, 0.717) is 31.7 Å². The fourth-order valence-electron chi connectivity index (χ4n) is 2.55. The first-order valence-electron chi connectivity index (χ1n) is 7.31. The van der Waals surface area contributed by atoms with Crippen LogP contribution in [0.4, 0.5) is 4.79 Å². The summed E-state index contributed by atoms with van der Waals surface area (Å²) in [5.74, 6) is 0.0512. The fraction of sp³-hybridized carbons (Fsp3) is 0.500. The van der Waals surface area contributed by atoms with Gasteiger partial charge in [-0.1, -0.05) is 20.8 Å². The number of phenols is 1.